The lowest BCUT2D eigenvalue weighted by Gasteiger charge is -2.09. The van der Waals surface area contributed by atoms with Crippen LogP contribution < -0.4 is 5.56 Å². The van der Waals surface area contributed by atoms with E-state index in [1.54, 1.807) is 25.1 Å². The van der Waals surface area contributed by atoms with E-state index < -0.39 is 18.1 Å². The normalized spacial score (nSPS) is 10.7. The van der Waals surface area contributed by atoms with Crippen LogP contribution >= 0.6 is 11.6 Å². The summed E-state index contributed by atoms with van der Waals surface area (Å²) in [7, 11) is 0. The van der Waals surface area contributed by atoms with Crippen molar-refractivity contribution in [3.8, 4) is 0 Å². The van der Waals surface area contributed by atoms with Crippen LogP contribution in [-0.4, -0.2) is 22.7 Å². The van der Waals surface area contributed by atoms with Gasteiger partial charge in [-0.15, -0.1) is 0 Å². The molecule has 0 spiro atoms. The summed E-state index contributed by atoms with van der Waals surface area (Å²) in [5.74, 6) is -0.746. The van der Waals surface area contributed by atoms with E-state index in [9.17, 15) is 14.7 Å². The van der Waals surface area contributed by atoms with Crippen molar-refractivity contribution in [2.75, 3.05) is 6.61 Å². The van der Waals surface area contributed by atoms with Gasteiger partial charge < -0.3 is 14.8 Å². The maximum absolute atomic E-state index is 11.9. The fourth-order valence-corrected chi connectivity index (χ4v) is 2.10. The molecular weight excluding hydrogens is 270 g/mol. The number of pyridine rings is 1. The van der Waals surface area contributed by atoms with Crippen LogP contribution in [-0.2, 0) is 11.3 Å². The number of rotatable bonds is 3. The second kappa shape index (κ2) is 5.42. The number of carbonyl (C=O) groups excluding carboxylic acids is 1. The number of H-pyrrole nitrogens is 1. The van der Waals surface area contributed by atoms with E-state index in [4.69, 9.17) is 16.3 Å². The molecule has 100 valence electrons. The molecule has 19 heavy (non-hydrogen) atoms. The summed E-state index contributed by atoms with van der Waals surface area (Å²) in [5, 5.41) is 10.5. The van der Waals surface area contributed by atoms with E-state index in [1.807, 2.05) is 0 Å². The molecule has 0 atom stereocenters. The van der Waals surface area contributed by atoms with E-state index in [-0.39, 0.29) is 17.7 Å². The van der Waals surface area contributed by atoms with Gasteiger partial charge in [-0.2, -0.15) is 0 Å². The highest BCUT2D eigenvalue weighted by atomic mass is 35.5. The van der Waals surface area contributed by atoms with E-state index >= 15 is 0 Å². The summed E-state index contributed by atoms with van der Waals surface area (Å²) in [4.78, 5) is 26.3. The Hall–Kier alpha value is -1.85. The summed E-state index contributed by atoms with van der Waals surface area (Å²) in [6.45, 7) is 1.36. The van der Waals surface area contributed by atoms with Crippen LogP contribution in [0.2, 0.25) is 5.02 Å². The number of carbonyl (C=O) groups is 1. The first-order valence-corrected chi connectivity index (χ1v) is 6.08. The molecule has 1 aromatic heterocycles. The number of hydrogen-bond acceptors (Lipinski definition) is 4. The van der Waals surface area contributed by atoms with Crippen molar-refractivity contribution in [3.63, 3.8) is 0 Å². The second-order valence-electron chi connectivity index (χ2n) is 3.88. The molecule has 0 saturated carbocycles. The zero-order valence-electron chi connectivity index (χ0n) is 10.2. The molecule has 2 rings (SSSR count). The first-order valence-electron chi connectivity index (χ1n) is 5.70. The fraction of sp³-hybridized carbons (Fsp3) is 0.231. The van der Waals surface area contributed by atoms with Crippen LogP contribution in [0.4, 0.5) is 0 Å². The molecule has 0 aliphatic heterocycles. The average molecular weight is 282 g/mol. The molecule has 0 amide bonds. The van der Waals surface area contributed by atoms with Crippen molar-refractivity contribution < 1.29 is 14.6 Å². The Morgan fingerprint density at radius 3 is 2.84 bits per heavy atom. The number of aliphatic hydroxyl groups excluding tert-OH is 1. The maximum atomic E-state index is 11.9. The third-order valence-electron chi connectivity index (χ3n) is 2.72. The topological polar surface area (TPSA) is 79.4 Å². The van der Waals surface area contributed by atoms with Crippen molar-refractivity contribution >= 4 is 28.5 Å². The van der Waals surface area contributed by atoms with Crippen molar-refractivity contribution in [2.24, 2.45) is 0 Å². The molecule has 2 N–H and O–H groups in total. The third kappa shape index (κ3) is 2.47. The number of nitrogens with one attached hydrogen (secondary N) is 1. The molecule has 0 aliphatic carbocycles. The number of esters is 1. The molecule has 0 saturated heterocycles. The average Bonchev–Trinajstić information content (AvgIpc) is 2.36. The number of ether oxygens (including phenoxy) is 1. The standard InChI is InChI=1S/C13H12ClNO4/c1-2-19-13(18)11-9(6-16)8-4-3-7(14)5-10(8)15-12(11)17/h3-5,16H,2,6H2,1H3,(H,15,17). The van der Waals surface area contributed by atoms with E-state index in [1.165, 1.54) is 0 Å². The van der Waals surface area contributed by atoms with Gasteiger partial charge in [-0.3, -0.25) is 4.79 Å². The van der Waals surface area contributed by atoms with Crippen molar-refractivity contribution in [3.05, 3.63) is 44.7 Å². The highest BCUT2D eigenvalue weighted by Crippen LogP contribution is 2.22. The lowest BCUT2D eigenvalue weighted by Crippen LogP contribution is -2.23. The lowest BCUT2D eigenvalue weighted by molar-refractivity contribution is 0.0521. The minimum absolute atomic E-state index is 0.155. The van der Waals surface area contributed by atoms with Gasteiger partial charge in [-0.05, 0) is 19.1 Å². The number of aromatic amines is 1. The van der Waals surface area contributed by atoms with Gasteiger partial charge in [0.2, 0.25) is 0 Å². The monoisotopic (exact) mass is 281 g/mol. The van der Waals surface area contributed by atoms with Gasteiger partial charge in [0, 0.05) is 16.0 Å². The third-order valence-corrected chi connectivity index (χ3v) is 2.96. The number of halogens is 1. The molecule has 5 nitrogen and oxygen atoms in total. The molecule has 2 aromatic rings. The minimum Gasteiger partial charge on any atom is -0.462 e. The Kier molecular flexibility index (Phi) is 3.87. The Bertz CT molecular complexity index is 693. The number of aromatic nitrogens is 1. The molecule has 0 radical (unpaired) electrons. The SMILES string of the molecule is CCOC(=O)c1c(CO)c2ccc(Cl)cc2[nH]c1=O. The second-order valence-corrected chi connectivity index (χ2v) is 4.31. The van der Waals surface area contributed by atoms with Gasteiger partial charge >= 0.3 is 5.97 Å². The summed E-state index contributed by atoms with van der Waals surface area (Å²) in [6.07, 6.45) is 0. The first-order chi connectivity index (χ1) is 9.08. The number of fused-ring (bicyclic) bond motifs is 1. The summed E-state index contributed by atoms with van der Waals surface area (Å²) >= 11 is 5.84. The Morgan fingerprint density at radius 2 is 2.21 bits per heavy atom. The molecular formula is C13H12ClNO4. The quantitative estimate of drug-likeness (QED) is 0.842. The van der Waals surface area contributed by atoms with Crippen molar-refractivity contribution in [1.82, 2.24) is 4.98 Å². The Labute approximate surface area is 113 Å². The molecule has 1 heterocycles. The highest BCUT2D eigenvalue weighted by Gasteiger charge is 2.19. The largest absolute Gasteiger partial charge is 0.462 e. The summed E-state index contributed by atoms with van der Waals surface area (Å²) in [6, 6.07) is 4.82. The van der Waals surface area contributed by atoms with Crippen molar-refractivity contribution in [2.45, 2.75) is 13.5 Å². The molecule has 0 fully saturated rings. The van der Waals surface area contributed by atoms with Gasteiger partial charge in [0.05, 0.1) is 18.7 Å². The molecule has 0 aliphatic rings. The van der Waals surface area contributed by atoms with Crippen LogP contribution in [0.5, 0.6) is 0 Å². The molecule has 1 aromatic carbocycles. The minimum atomic E-state index is -0.746. The molecule has 0 bridgehead atoms. The van der Waals surface area contributed by atoms with Gasteiger partial charge in [0.15, 0.2) is 0 Å². The molecule has 0 unspecified atom stereocenters. The van der Waals surface area contributed by atoms with Crippen molar-refractivity contribution in [1.29, 1.82) is 0 Å². The smallest absolute Gasteiger partial charge is 0.344 e. The highest BCUT2D eigenvalue weighted by molar-refractivity contribution is 6.31. The van der Waals surface area contributed by atoms with Crippen LogP contribution in [0.1, 0.15) is 22.8 Å². The number of hydrogen-bond donors (Lipinski definition) is 2. The van der Waals surface area contributed by atoms with E-state index in [0.717, 1.165) is 0 Å². The van der Waals surface area contributed by atoms with Crippen LogP contribution in [0.3, 0.4) is 0 Å². The lowest BCUT2D eigenvalue weighted by atomic mass is 10.0. The van der Waals surface area contributed by atoms with Crippen LogP contribution in [0.25, 0.3) is 10.9 Å². The Morgan fingerprint density at radius 1 is 1.47 bits per heavy atom. The number of aliphatic hydroxyl groups is 1. The predicted molar refractivity (Wildman–Crippen MR) is 71.5 cm³/mol. The number of benzene rings is 1. The van der Waals surface area contributed by atoms with Gasteiger partial charge in [0.25, 0.3) is 5.56 Å². The zero-order valence-corrected chi connectivity index (χ0v) is 11.0. The van der Waals surface area contributed by atoms with Gasteiger partial charge in [-0.25, -0.2) is 4.79 Å². The summed E-state index contributed by atoms with van der Waals surface area (Å²) < 4.78 is 4.83. The van der Waals surface area contributed by atoms with Crippen LogP contribution in [0.15, 0.2) is 23.0 Å². The summed E-state index contributed by atoms with van der Waals surface area (Å²) in [5.41, 5.74) is -0.0556. The predicted octanol–water partition coefficient (Wildman–Crippen LogP) is 1.85. The van der Waals surface area contributed by atoms with Gasteiger partial charge in [0.1, 0.15) is 5.56 Å². The fourth-order valence-electron chi connectivity index (χ4n) is 1.92. The van der Waals surface area contributed by atoms with Crippen LogP contribution in [0, 0.1) is 0 Å². The Balaban J connectivity index is 2.78. The zero-order chi connectivity index (χ0) is 14.0. The van der Waals surface area contributed by atoms with E-state index in [0.29, 0.717) is 15.9 Å². The first kappa shape index (κ1) is 13.6. The van der Waals surface area contributed by atoms with Gasteiger partial charge in [-0.1, -0.05) is 17.7 Å². The molecule has 6 heteroatoms. The van der Waals surface area contributed by atoms with E-state index in [2.05, 4.69) is 4.98 Å². The maximum Gasteiger partial charge on any atom is 0.344 e.